The summed E-state index contributed by atoms with van der Waals surface area (Å²) in [5, 5.41) is 5.70. The Morgan fingerprint density at radius 2 is 1.64 bits per heavy atom. The number of benzene rings is 2. The Balaban J connectivity index is 1.92. The first kappa shape index (κ1) is 27.2. The van der Waals surface area contributed by atoms with Crippen molar-refractivity contribution in [2.45, 2.75) is 91.1 Å². The van der Waals surface area contributed by atoms with E-state index in [1.54, 1.807) is 32.6 Å². The fourth-order valence-electron chi connectivity index (χ4n) is 4.44. The fourth-order valence-corrected chi connectivity index (χ4v) is 4.44. The highest BCUT2D eigenvalue weighted by molar-refractivity contribution is 5.92. The largest absolute Gasteiger partial charge is 0.444 e. The molecule has 1 aliphatic carbocycles. The molecule has 2 atom stereocenters. The molecular formula is C29H39N3O4. The summed E-state index contributed by atoms with van der Waals surface area (Å²) in [6.45, 7) is 11.3. The maximum Gasteiger partial charge on any atom is 0.408 e. The van der Waals surface area contributed by atoms with Crippen LogP contribution in [0.15, 0.2) is 48.5 Å². The second-order valence-electron chi connectivity index (χ2n) is 10.7. The molecule has 1 aliphatic rings. The molecule has 2 aromatic carbocycles. The van der Waals surface area contributed by atoms with E-state index in [1.807, 2.05) is 62.4 Å². The van der Waals surface area contributed by atoms with Crippen LogP contribution in [0.2, 0.25) is 0 Å². The Morgan fingerprint density at radius 1 is 1.03 bits per heavy atom. The number of ether oxygens (including phenoxy) is 1. The second-order valence-corrected chi connectivity index (χ2v) is 10.7. The van der Waals surface area contributed by atoms with Gasteiger partial charge in [0.25, 0.3) is 0 Å². The van der Waals surface area contributed by atoms with E-state index < -0.39 is 23.8 Å². The summed E-state index contributed by atoms with van der Waals surface area (Å²) >= 11 is 0. The smallest absolute Gasteiger partial charge is 0.408 e. The lowest BCUT2D eigenvalue weighted by Gasteiger charge is -2.43. The Kier molecular flexibility index (Phi) is 8.77. The van der Waals surface area contributed by atoms with Gasteiger partial charge in [0.05, 0.1) is 0 Å². The number of nitrogens with zero attached hydrogens (tertiary/aromatic N) is 1. The molecule has 0 spiro atoms. The summed E-state index contributed by atoms with van der Waals surface area (Å²) < 4.78 is 5.35. The summed E-state index contributed by atoms with van der Waals surface area (Å²) in [6.07, 6.45) is 1.97. The monoisotopic (exact) mass is 493 g/mol. The minimum Gasteiger partial charge on any atom is -0.444 e. The van der Waals surface area contributed by atoms with Crippen molar-refractivity contribution in [3.05, 3.63) is 70.8 Å². The van der Waals surface area contributed by atoms with E-state index in [0.717, 1.165) is 41.5 Å². The van der Waals surface area contributed by atoms with E-state index in [1.165, 1.54) is 0 Å². The van der Waals surface area contributed by atoms with E-state index in [9.17, 15) is 14.4 Å². The van der Waals surface area contributed by atoms with Gasteiger partial charge in [0.15, 0.2) is 0 Å². The van der Waals surface area contributed by atoms with Crippen molar-refractivity contribution in [2.75, 3.05) is 0 Å². The van der Waals surface area contributed by atoms with Crippen LogP contribution in [0.4, 0.5) is 4.79 Å². The summed E-state index contributed by atoms with van der Waals surface area (Å²) in [5.74, 6) is -0.543. The highest BCUT2D eigenvalue weighted by Crippen LogP contribution is 2.34. The molecule has 2 N–H and O–H groups in total. The first-order valence-corrected chi connectivity index (χ1v) is 12.7. The molecule has 1 saturated carbocycles. The normalized spacial score (nSPS) is 15.3. The van der Waals surface area contributed by atoms with E-state index in [2.05, 4.69) is 10.6 Å². The van der Waals surface area contributed by atoms with Gasteiger partial charge in [0.1, 0.15) is 17.7 Å². The van der Waals surface area contributed by atoms with Gasteiger partial charge in [-0.15, -0.1) is 0 Å². The summed E-state index contributed by atoms with van der Waals surface area (Å²) in [6, 6.07) is 13.9. The number of hydrogen-bond acceptors (Lipinski definition) is 4. The number of rotatable bonds is 8. The van der Waals surface area contributed by atoms with Crippen LogP contribution < -0.4 is 10.6 Å². The molecule has 0 aliphatic heterocycles. The zero-order chi connectivity index (χ0) is 26.5. The van der Waals surface area contributed by atoms with Gasteiger partial charge in [-0.2, -0.15) is 0 Å². The Bertz CT molecular complexity index is 1050. The van der Waals surface area contributed by atoms with Crippen LogP contribution in [-0.4, -0.2) is 40.5 Å². The molecule has 3 rings (SSSR count). The average molecular weight is 494 g/mol. The van der Waals surface area contributed by atoms with Gasteiger partial charge >= 0.3 is 6.09 Å². The molecule has 0 radical (unpaired) electrons. The minimum atomic E-state index is -0.851. The molecule has 7 nitrogen and oxygen atoms in total. The van der Waals surface area contributed by atoms with Crippen LogP contribution in [0.3, 0.4) is 0 Å². The molecule has 2 unspecified atom stereocenters. The van der Waals surface area contributed by atoms with Crippen LogP contribution in [0.5, 0.6) is 0 Å². The third-order valence-electron chi connectivity index (χ3n) is 6.22. The molecule has 1 fully saturated rings. The van der Waals surface area contributed by atoms with Gasteiger partial charge in [-0.3, -0.25) is 9.59 Å². The molecule has 0 saturated heterocycles. The quantitative estimate of drug-likeness (QED) is 0.544. The van der Waals surface area contributed by atoms with Crippen LogP contribution in [0, 0.1) is 13.8 Å². The average Bonchev–Trinajstić information content (AvgIpc) is 2.74. The lowest BCUT2D eigenvalue weighted by Crippen LogP contribution is -2.56. The van der Waals surface area contributed by atoms with Gasteiger partial charge in [-0.05, 0) is 71.9 Å². The molecule has 3 amide bonds. The van der Waals surface area contributed by atoms with Crippen molar-refractivity contribution >= 4 is 17.9 Å². The third-order valence-corrected chi connectivity index (χ3v) is 6.22. The van der Waals surface area contributed by atoms with Crippen LogP contribution in [0.1, 0.15) is 75.3 Å². The number of carbonyl (C=O) groups excluding carboxylic acids is 3. The van der Waals surface area contributed by atoms with Crippen molar-refractivity contribution in [1.29, 1.82) is 0 Å². The maximum absolute atomic E-state index is 13.8. The fraction of sp³-hybridized carbons (Fsp3) is 0.483. The molecule has 2 aromatic rings. The van der Waals surface area contributed by atoms with Crippen LogP contribution >= 0.6 is 0 Å². The Labute approximate surface area is 214 Å². The van der Waals surface area contributed by atoms with Gasteiger partial charge < -0.3 is 20.3 Å². The lowest BCUT2D eigenvalue weighted by atomic mass is 9.87. The number of aryl methyl sites for hydroxylation is 2. The van der Waals surface area contributed by atoms with Crippen molar-refractivity contribution in [2.24, 2.45) is 0 Å². The molecule has 7 heteroatoms. The predicted octanol–water partition coefficient (Wildman–Crippen LogP) is 4.96. The predicted molar refractivity (Wildman–Crippen MR) is 140 cm³/mol. The van der Waals surface area contributed by atoms with Crippen molar-refractivity contribution in [1.82, 2.24) is 15.5 Å². The minimum absolute atomic E-state index is 0.0753. The molecule has 0 aromatic heterocycles. The van der Waals surface area contributed by atoms with Crippen molar-refractivity contribution in [3.63, 3.8) is 0 Å². The zero-order valence-corrected chi connectivity index (χ0v) is 22.3. The topological polar surface area (TPSA) is 87.7 Å². The Hall–Kier alpha value is -3.35. The van der Waals surface area contributed by atoms with E-state index in [-0.39, 0.29) is 17.9 Å². The van der Waals surface area contributed by atoms with Gasteiger partial charge in [-0.1, -0.05) is 59.7 Å². The molecule has 0 bridgehead atoms. The standard InChI is InChI=1S/C29H39N3O4/c1-19-15-20(2)17-23(16-19)25(26(33)30-18-22-11-8-7-9-12-22)32(24-13-10-14-24)27(34)21(3)31-28(35)36-29(4,5)6/h7-9,11-12,15-17,21,24-25H,10,13-14,18H2,1-6H3,(H,30,33)(H,31,35). The highest BCUT2D eigenvalue weighted by atomic mass is 16.6. The number of alkyl carbamates (subject to hydrolysis) is 1. The number of carbonyl (C=O) groups is 3. The second kappa shape index (κ2) is 11.6. The highest BCUT2D eigenvalue weighted by Gasteiger charge is 2.41. The molecular weight excluding hydrogens is 454 g/mol. The number of hydrogen-bond donors (Lipinski definition) is 2. The van der Waals surface area contributed by atoms with Crippen molar-refractivity contribution in [3.8, 4) is 0 Å². The van der Waals surface area contributed by atoms with Gasteiger partial charge in [-0.25, -0.2) is 4.79 Å². The number of amides is 3. The van der Waals surface area contributed by atoms with Crippen LogP contribution in [0.25, 0.3) is 0 Å². The van der Waals surface area contributed by atoms with E-state index in [0.29, 0.717) is 6.54 Å². The number of nitrogens with one attached hydrogen (secondary N) is 2. The van der Waals surface area contributed by atoms with E-state index in [4.69, 9.17) is 4.74 Å². The summed E-state index contributed by atoms with van der Waals surface area (Å²) in [5.41, 5.74) is 3.10. The lowest BCUT2D eigenvalue weighted by molar-refractivity contribution is -0.147. The van der Waals surface area contributed by atoms with Gasteiger partial charge in [0.2, 0.25) is 11.8 Å². The SMILES string of the molecule is Cc1cc(C)cc(C(C(=O)NCc2ccccc2)N(C(=O)C(C)NC(=O)OC(C)(C)C)C2CCC2)c1. The van der Waals surface area contributed by atoms with Crippen molar-refractivity contribution < 1.29 is 19.1 Å². The molecule has 0 heterocycles. The van der Waals surface area contributed by atoms with E-state index >= 15 is 0 Å². The van der Waals surface area contributed by atoms with Gasteiger partial charge in [0, 0.05) is 12.6 Å². The zero-order valence-electron chi connectivity index (χ0n) is 22.3. The molecule has 36 heavy (non-hydrogen) atoms. The first-order valence-electron chi connectivity index (χ1n) is 12.7. The first-order chi connectivity index (χ1) is 16.9. The van der Waals surface area contributed by atoms with Crippen LogP contribution in [-0.2, 0) is 20.9 Å². The third kappa shape index (κ3) is 7.33. The Morgan fingerprint density at radius 3 is 2.17 bits per heavy atom. The summed E-state index contributed by atoms with van der Waals surface area (Å²) in [7, 11) is 0. The maximum atomic E-state index is 13.8. The molecule has 194 valence electrons. The summed E-state index contributed by atoms with van der Waals surface area (Å²) in [4.78, 5) is 41.6.